The number of nitrogens with one attached hydrogen (secondary N) is 1. The normalized spacial score (nSPS) is 11.6. The van der Waals surface area contributed by atoms with Crippen molar-refractivity contribution in [2.75, 3.05) is 11.4 Å². The Morgan fingerprint density at radius 3 is 2.14 bits per heavy atom. The number of anilines is 1. The van der Waals surface area contributed by atoms with Gasteiger partial charge in [0.2, 0.25) is 11.8 Å². The molecule has 1 aromatic carbocycles. The highest BCUT2D eigenvalue weighted by Gasteiger charge is 2.16. The van der Waals surface area contributed by atoms with E-state index in [1.807, 2.05) is 13.8 Å². The number of hydrogen-bond acceptors (Lipinski definition) is 3. The maximum Gasteiger partial charge on any atom is 0.240 e. The first kappa shape index (κ1) is 16.9. The molecule has 0 spiro atoms. The van der Waals surface area contributed by atoms with E-state index in [4.69, 9.17) is 0 Å². The van der Waals surface area contributed by atoms with Crippen molar-refractivity contribution in [2.45, 2.75) is 40.2 Å². The van der Waals surface area contributed by atoms with E-state index in [2.05, 4.69) is 5.32 Å². The molecule has 5 nitrogen and oxygen atoms in total. The fourth-order valence-electron chi connectivity index (χ4n) is 1.83. The van der Waals surface area contributed by atoms with Crippen LogP contribution < -0.4 is 10.2 Å². The van der Waals surface area contributed by atoms with Crippen molar-refractivity contribution in [3.8, 4) is 0 Å². The second kappa shape index (κ2) is 7.57. The summed E-state index contributed by atoms with van der Waals surface area (Å²) in [5.41, 5.74) is 1.18. The summed E-state index contributed by atoms with van der Waals surface area (Å²) in [6.45, 7) is 6.76. The number of Topliss-reactive ketones (excluding diaryl/α,β-unsaturated/α-hetero) is 1. The Morgan fingerprint density at radius 2 is 1.71 bits per heavy atom. The molecule has 0 fully saturated rings. The van der Waals surface area contributed by atoms with E-state index < -0.39 is 0 Å². The van der Waals surface area contributed by atoms with Gasteiger partial charge in [-0.05, 0) is 44.5 Å². The van der Waals surface area contributed by atoms with Crippen molar-refractivity contribution in [2.24, 2.45) is 0 Å². The number of amides is 2. The molecule has 0 aliphatic heterocycles. The topological polar surface area (TPSA) is 66.5 Å². The molecule has 21 heavy (non-hydrogen) atoms. The lowest BCUT2D eigenvalue weighted by atomic mass is 10.1. The molecule has 1 N–H and O–H groups in total. The van der Waals surface area contributed by atoms with E-state index >= 15 is 0 Å². The van der Waals surface area contributed by atoms with Crippen LogP contribution in [0.2, 0.25) is 0 Å². The fourth-order valence-corrected chi connectivity index (χ4v) is 1.83. The standard InChI is InChI=1S/C16H22N2O3/c1-5-11(2)17-16(21)10-18(13(4)20)15-8-6-14(7-9-15)12(3)19/h6-9,11H,5,10H2,1-4H3,(H,17,21). The summed E-state index contributed by atoms with van der Waals surface area (Å²) in [6, 6.07) is 6.73. The summed E-state index contributed by atoms with van der Waals surface area (Å²) in [4.78, 5) is 36.3. The molecule has 1 atom stereocenters. The first-order valence-electron chi connectivity index (χ1n) is 7.03. The third kappa shape index (κ3) is 5.02. The van der Waals surface area contributed by atoms with Gasteiger partial charge in [-0.2, -0.15) is 0 Å². The molecule has 0 bridgehead atoms. The number of rotatable bonds is 6. The molecule has 0 saturated heterocycles. The zero-order valence-electron chi connectivity index (χ0n) is 13.0. The highest BCUT2D eigenvalue weighted by atomic mass is 16.2. The fraction of sp³-hybridized carbons (Fsp3) is 0.438. The van der Waals surface area contributed by atoms with Crippen molar-refractivity contribution >= 4 is 23.3 Å². The largest absolute Gasteiger partial charge is 0.352 e. The lowest BCUT2D eigenvalue weighted by Crippen LogP contribution is -2.42. The minimum atomic E-state index is -0.218. The van der Waals surface area contributed by atoms with Gasteiger partial charge in [-0.3, -0.25) is 14.4 Å². The van der Waals surface area contributed by atoms with E-state index in [1.165, 1.54) is 18.7 Å². The number of carbonyl (C=O) groups excluding carboxylic acids is 3. The van der Waals surface area contributed by atoms with Crippen LogP contribution in [0.1, 0.15) is 44.5 Å². The van der Waals surface area contributed by atoms with Gasteiger partial charge >= 0.3 is 0 Å². The summed E-state index contributed by atoms with van der Waals surface area (Å²) in [5.74, 6) is -0.453. The minimum Gasteiger partial charge on any atom is -0.352 e. The third-order valence-corrected chi connectivity index (χ3v) is 3.29. The predicted octanol–water partition coefficient (Wildman–Crippen LogP) is 2.16. The Bertz CT molecular complexity index is 523. The van der Waals surface area contributed by atoms with E-state index in [9.17, 15) is 14.4 Å². The van der Waals surface area contributed by atoms with E-state index in [1.54, 1.807) is 24.3 Å². The lowest BCUT2D eigenvalue weighted by Gasteiger charge is -2.22. The molecule has 0 aromatic heterocycles. The number of benzene rings is 1. The van der Waals surface area contributed by atoms with Crippen LogP contribution in [-0.2, 0) is 9.59 Å². The molecule has 0 aliphatic carbocycles. The van der Waals surface area contributed by atoms with Gasteiger partial charge in [0.15, 0.2) is 5.78 Å². The molecule has 1 unspecified atom stereocenters. The maximum atomic E-state index is 11.9. The Morgan fingerprint density at radius 1 is 1.14 bits per heavy atom. The van der Waals surface area contributed by atoms with Gasteiger partial charge in [-0.25, -0.2) is 0 Å². The molecular formula is C16H22N2O3. The van der Waals surface area contributed by atoms with Crippen LogP contribution in [-0.4, -0.2) is 30.2 Å². The van der Waals surface area contributed by atoms with Crippen LogP contribution in [0, 0.1) is 0 Å². The van der Waals surface area contributed by atoms with E-state index in [0.717, 1.165) is 6.42 Å². The second-order valence-electron chi connectivity index (χ2n) is 5.09. The lowest BCUT2D eigenvalue weighted by molar-refractivity contribution is -0.123. The molecule has 0 radical (unpaired) electrons. The molecule has 5 heteroatoms. The van der Waals surface area contributed by atoms with Crippen LogP contribution in [0.15, 0.2) is 24.3 Å². The number of carbonyl (C=O) groups is 3. The van der Waals surface area contributed by atoms with Gasteiger partial charge < -0.3 is 10.2 Å². The summed E-state index contributed by atoms with van der Waals surface area (Å²) in [5, 5.41) is 2.83. The quantitative estimate of drug-likeness (QED) is 0.816. The molecule has 0 aliphatic rings. The average molecular weight is 290 g/mol. The highest BCUT2D eigenvalue weighted by molar-refractivity contribution is 5.98. The monoisotopic (exact) mass is 290 g/mol. The minimum absolute atomic E-state index is 0.0287. The number of ketones is 1. The summed E-state index contributed by atoms with van der Waals surface area (Å²) < 4.78 is 0. The first-order valence-corrected chi connectivity index (χ1v) is 7.03. The Balaban J connectivity index is 2.84. The van der Waals surface area contributed by atoms with Gasteiger partial charge in [-0.1, -0.05) is 6.92 Å². The maximum absolute atomic E-state index is 11.9. The summed E-state index contributed by atoms with van der Waals surface area (Å²) >= 11 is 0. The zero-order chi connectivity index (χ0) is 16.0. The Labute approximate surface area is 125 Å². The van der Waals surface area contributed by atoms with Crippen LogP contribution in [0.5, 0.6) is 0 Å². The summed E-state index contributed by atoms with van der Waals surface area (Å²) in [6.07, 6.45) is 0.832. The van der Waals surface area contributed by atoms with Crippen molar-refractivity contribution in [1.29, 1.82) is 0 Å². The number of hydrogen-bond donors (Lipinski definition) is 1. The smallest absolute Gasteiger partial charge is 0.240 e. The van der Waals surface area contributed by atoms with Crippen LogP contribution in [0.3, 0.4) is 0 Å². The van der Waals surface area contributed by atoms with Crippen LogP contribution >= 0.6 is 0 Å². The van der Waals surface area contributed by atoms with Gasteiger partial charge in [0.25, 0.3) is 0 Å². The van der Waals surface area contributed by atoms with Gasteiger partial charge in [0.05, 0.1) is 0 Å². The molecular weight excluding hydrogens is 268 g/mol. The molecule has 1 rings (SSSR count). The Hall–Kier alpha value is -2.17. The molecule has 2 amide bonds. The van der Waals surface area contributed by atoms with Crippen molar-refractivity contribution < 1.29 is 14.4 Å². The van der Waals surface area contributed by atoms with Gasteiger partial charge in [0.1, 0.15) is 6.54 Å². The predicted molar refractivity (Wildman–Crippen MR) is 82.4 cm³/mol. The number of nitrogens with zero attached hydrogens (tertiary/aromatic N) is 1. The second-order valence-corrected chi connectivity index (χ2v) is 5.09. The van der Waals surface area contributed by atoms with Crippen LogP contribution in [0.25, 0.3) is 0 Å². The Kier molecular flexibility index (Phi) is 6.09. The molecule has 0 saturated carbocycles. The van der Waals surface area contributed by atoms with E-state index in [-0.39, 0.29) is 30.2 Å². The molecule has 114 valence electrons. The zero-order valence-corrected chi connectivity index (χ0v) is 13.0. The van der Waals surface area contributed by atoms with Gasteiger partial charge in [-0.15, -0.1) is 0 Å². The molecule has 0 heterocycles. The first-order chi connectivity index (χ1) is 9.85. The van der Waals surface area contributed by atoms with Crippen molar-refractivity contribution in [1.82, 2.24) is 5.32 Å². The summed E-state index contributed by atoms with van der Waals surface area (Å²) in [7, 11) is 0. The van der Waals surface area contributed by atoms with Crippen LogP contribution in [0.4, 0.5) is 5.69 Å². The average Bonchev–Trinajstić information content (AvgIpc) is 2.44. The third-order valence-electron chi connectivity index (χ3n) is 3.29. The van der Waals surface area contributed by atoms with Crippen molar-refractivity contribution in [3.63, 3.8) is 0 Å². The SMILES string of the molecule is CCC(C)NC(=O)CN(C(C)=O)c1ccc(C(C)=O)cc1. The molecule has 1 aromatic rings. The van der Waals surface area contributed by atoms with Crippen molar-refractivity contribution in [3.05, 3.63) is 29.8 Å². The highest BCUT2D eigenvalue weighted by Crippen LogP contribution is 2.16. The van der Waals surface area contributed by atoms with E-state index in [0.29, 0.717) is 11.3 Å². The van der Waals surface area contributed by atoms with Gasteiger partial charge in [0, 0.05) is 24.2 Å².